The Morgan fingerprint density at radius 2 is 1.76 bits per heavy atom. The highest BCUT2D eigenvalue weighted by Crippen LogP contribution is 2.42. The summed E-state index contributed by atoms with van der Waals surface area (Å²) >= 11 is 0. The zero-order chi connectivity index (χ0) is 24.5. The molecule has 0 saturated carbocycles. The van der Waals surface area contributed by atoms with Crippen LogP contribution in [0.25, 0.3) is 11.1 Å². The number of hydrogen-bond acceptors (Lipinski definition) is 4. The van der Waals surface area contributed by atoms with Gasteiger partial charge in [0.2, 0.25) is 0 Å². The summed E-state index contributed by atoms with van der Waals surface area (Å²) in [5.41, 5.74) is 1.50. The number of nitrogens with one attached hydrogen (secondary N) is 1. The molecule has 1 aliphatic heterocycles. The first-order chi connectivity index (χ1) is 16.0. The molecule has 0 bridgehead atoms. The number of halogens is 7. The third-order valence-corrected chi connectivity index (χ3v) is 5.24. The number of anilines is 1. The molecule has 34 heavy (non-hydrogen) atoms. The van der Waals surface area contributed by atoms with Crippen LogP contribution in [-0.4, -0.2) is 31.5 Å². The third kappa shape index (κ3) is 5.40. The Balaban J connectivity index is 1.53. The van der Waals surface area contributed by atoms with Gasteiger partial charge in [0.25, 0.3) is 0 Å². The molecule has 0 fully saturated rings. The van der Waals surface area contributed by atoms with E-state index in [0.717, 1.165) is 0 Å². The molecule has 1 unspecified atom stereocenters. The molecule has 11 heteroatoms. The highest BCUT2D eigenvalue weighted by Gasteiger charge is 2.44. The summed E-state index contributed by atoms with van der Waals surface area (Å²) in [6.07, 6.45) is -8.89. The topological polar surface area (TPSA) is 39.7 Å². The minimum absolute atomic E-state index is 0.0935. The zero-order valence-corrected chi connectivity index (χ0v) is 17.3. The van der Waals surface area contributed by atoms with Gasteiger partial charge >= 0.3 is 18.9 Å². The second kappa shape index (κ2) is 9.11. The third-order valence-electron chi connectivity index (χ3n) is 5.24. The molecule has 4 nitrogen and oxygen atoms in total. The Morgan fingerprint density at radius 3 is 2.50 bits per heavy atom. The van der Waals surface area contributed by atoms with E-state index in [2.05, 4.69) is 14.8 Å². The predicted molar refractivity (Wildman–Crippen MR) is 109 cm³/mol. The first-order valence-electron chi connectivity index (χ1n) is 10.1. The van der Waals surface area contributed by atoms with E-state index in [4.69, 9.17) is 4.74 Å². The monoisotopic (exact) mass is 489 g/mol. The quantitative estimate of drug-likeness (QED) is 0.456. The Bertz CT molecular complexity index is 1100. The van der Waals surface area contributed by atoms with Crippen molar-refractivity contribution in [2.24, 2.45) is 5.92 Å². The van der Waals surface area contributed by atoms with Crippen LogP contribution < -0.4 is 14.8 Å². The van der Waals surface area contributed by atoms with Gasteiger partial charge in [0.05, 0.1) is 11.7 Å². The van der Waals surface area contributed by atoms with Crippen LogP contribution in [0.15, 0.2) is 66.5 Å². The molecular weight excluding hydrogens is 471 g/mol. The molecule has 0 radical (unpaired) electrons. The Labute approximate surface area is 189 Å². The van der Waals surface area contributed by atoms with Gasteiger partial charge in [-0.25, -0.2) is 0 Å². The molecule has 1 aliphatic carbocycles. The summed E-state index contributed by atoms with van der Waals surface area (Å²) in [5, 5.41) is 3.23. The van der Waals surface area contributed by atoms with Crippen molar-refractivity contribution in [1.29, 1.82) is 0 Å². The number of rotatable bonds is 6. The maximum atomic E-state index is 13.3. The molecule has 182 valence electrons. The average molecular weight is 489 g/mol. The van der Waals surface area contributed by atoms with Crippen molar-refractivity contribution >= 4 is 5.69 Å². The number of ether oxygens (including phenoxy) is 3. The SMILES string of the molecule is FC(F)C(F)(F)OC1=CC([C@H]2COc3c(cccc3-c3cccc(OC(F)(F)F)c3)N2)CC=C1. The van der Waals surface area contributed by atoms with Gasteiger partial charge in [0, 0.05) is 11.5 Å². The summed E-state index contributed by atoms with van der Waals surface area (Å²) in [7, 11) is 0. The van der Waals surface area contributed by atoms with Crippen molar-refractivity contribution < 1.29 is 44.9 Å². The Kier molecular flexibility index (Phi) is 6.37. The van der Waals surface area contributed by atoms with Gasteiger partial charge in [0.15, 0.2) is 0 Å². The molecule has 0 spiro atoms. The minimum Gasteiger partial charge on any atom is -0.489 e. The normalized spacial score (nSPS) is 20.2. The minimum atomic E-state index is -4.83. The smallest absolute Gasteiger partial charge is 0.489 e. The van der Waals surface area contributed by atoms with E-state index in [9.17, 15) is 30.7 Å². The lowest BCUT2D eigenvalue weighted by molar-refractivity contribution is -0.280. The first kappa shape index (κ1) is 23.8. The second-order valence-corrected chi connectivity index (χ2v) is 7.66. The highest BCUT2D eigenvalue weighted by molar-refractivity contribution is 5.79. The predicted octanol–water partition coefficient (Wildman–Crippen LogP) is 6.76. The molecule has 2 aromatic carbocycles. The summed E-state index contributed by atoms with van der Waals surface area (Å²) in [5.74, 6) is -0.742. The molecule has 0 aromatic heterocycles. The summed E-state index contributed by atoms with van der Waals surface area (Å²) in [6, 6.07) is 10.1. The molecule has 0 saturated heterocycles. The van der Waals surface area contributed by atoms with Gasteiger partial charge in [-0.05, 0) is 42.3 Å². The summed E-state index contributed by atoms with van der Waals surface area (Å²) in [6.45, 7) is 0.0935. The molecule has 2 aromatic rings. The fraction of sp³-hybridized carbons (Fsp3) is 0.304. The van der Waals surface area contributed by atoms with Crippen molar-refractivity contribution in [1.82, 2.24) is 0 Å². The van der Waals surface area contributed by atoms with Gasteiger partial charge in [0.1, 0.15) is 23.9 Å². The maximum absolute atomic E-state index is 13.3. The molecule has 4 rings (SSSR count). The van der Waals surface area contributed by atoms with Crippen LogP contribution in [0.5, 0.6) is 11.5 Å². The molecule has 1 N–H and O–H groups in total. The Hall–Kier alpha value is -3.37. The first-order valence-corrected chi connectivity index (χ1v) is 10.1. The second-order valence-electron chi connectivity index (χ2n) is 7.66. The van der Waals surface area contributed by atoms with Gasteiger partial charge in [-0.3, -0.25) is 0 Å². The van der Waals surface area contributed by atoms with Crippen molar-refractivity contribution in [3.05, 3.63) is 66.5 Å². The lowest BCUT2D eigenvalue weighted by Crippen LogP contribution is -2.38. The van der Waals surface area contributed by atoms with E-state index >= 15 is 0 Å². The maximum Gasteiger partial charge on any atom is 0.573 e. The van der Waals surface area contributed by atoms with Crippen molar-refractivity contribution in [3.8, 4) is 22.6 Å². The van der Waals surface area contributed by atoms with Crippen LogP contribution in [0.4, 0.5) is 36.4 Å². The van der Waals surface area contributed by atoms with Crippen LogP contribution in [0, 0.1) is 5.92 Å². The van der Waals surface area contributed by atoms with Crippen LogP contribution in [0.2, 0.25) is 0 Å². The number of para-hydroxylation sites is 1. The van der Waals surface area contributed by atoms with Crippen molar-refractivity contribution in [2.75, 3.05) is 11.9 Å². The molecule has 2 aliphatic rings. The standard InChI is InChI=1S/C23H18F7NO3/c24-21(25)22(26,27)33-15-6-2-5-14(11-15)19-12-32-20-17(8-3-9-18(20)31-19)13-4-1-7-16(10-13)34-23(28,29)30/h1-4,6-11,14,19,21,31H,5,12H2/t14?,19-/m1/s1. The molecule has 1 heterocycles. The average Bonchev–Trinajstić information content (AvgIpc) is 2.77. The zero-order valence-electron chi connectivity index (χ0n) is 17.3. The molecule has 0 amide bonds. The Morgan fingerprint density at radius 1 is 1.00 bits per heavy atom. The van der Waals surface area contributed by atoms with Crippen LogP contribution in [0.3, 0.4) is 0 Å². The van der Waals surface area contributed by atoms with E-state index in [1.54, 1.807) is 30.3 Å². The van der Waals surface area contributed by atoms with Crippen molar-refractivity contribution in [3.63, 3.8) is 0 Å². The lowest BCUT2D eigenvalue weighted by Gasteiger charge is -2.34. The van der Waals surface area contributed by atoms with E-state index in [-0.39, 0.29) is 18.1 Å². The van der Waals surface area contributed by atoms with Gasteiger partial charge in [-0.2, -0.15) is 17.6 Å². The van der Waals surface area contributed by atoms with Gasteiger partial charge in [-0.15, -0.1) is 13.2 Å². The number of allylic oxidation sites excluding steroid dienone is 2. The fourth-order valence-corrected chi connectivity index (χ4v) is 3.77. The number of alkyl halides is 7. The summed E-state index contributed by atoms with van der Waals surface area (Å²) < 4.78 is 103. The van der Waals surface area contributed by atoms with E-state index in [0.29, 0.717) is 29.0 Å². The van der Waals surface area contributed by atoms with Crippen LogP contribution in [-0.2, 0) is 4.74 Å². The molecular formula is C23H18F7NO3. The largest absolute Gasteiger partial charge is 0.573 e. The van der Waals surface area contributed by atoms with Crippen LogP contribution in [0.1, 0.15) is 6.42 Å². The van der Waals surface area contributed by atoms with E-state index in [1.807, 2.05) is 0 Å². The fourth-order valence-electron chi connectivity index (χ4n) is 3.77. The number of hydrogen-bond donors (Lipinski definition) is 1. The van der Waals surface area contributed by atoms with E-state index < -0.39 is 30.9 Å². The molecule has 2 atom stereocenters. The number of benzene rings is 2. The van der Waals surface area contributed by atoms with Gasteiger partial charge < -0.3 is 19.5 Å². The van der Waals surface area contributed by atoms with Crippen LogP contribution >= 0.6 is 0 Å². The highest BCUT2D eigenvalue weighted by atomic mass is 19.4. The lowest BCUT2D eigenvalue weighted by atomic mass is 9.91. The van der Waals surface area contributed by atoms with Gasteiger partial charge in [-0.1, -0.05) is 30.3 Å². The summed E-state index contributed by atoms with van der Waals surface area (Å²) in [4.78, 5) is 0. The van der Waals surface area contributed by atoms with Crippen molar-refractivity contribution in [2.45, 2.75) is 31.4 Å². The number of fused-ring (bicyclic) bond motifs is 1. The van der Waals surface area contributed by atoms with E-state index in [1.165, 1.54) is 30.4 Å².